The number of piperazine rings is 1. The standard InChI is InChI=1S/C20H28BrN3O3/c1-2-27-20(26)24-11-9-23(10-12-24)19(25)17-6-4-8-22(15-17)14-16-5-3-7-18(21)13-16/h3,5,7,13,17H,2,4,6,8-12,14-15H2,1H3. The molecule has 2 aliphatic heterocycles. The van der Waals surface area contributed by atoms with Crippen molar-refractivity contribution in [1.82, 2.24) is 14.7 Å². The van der Waals surface area contributed by atoms with Gasteiger partial charge in [-0.2, -0.15) is 0 Å². The summed E-state index contributed by atoms with van der Waals surface area (Å²) in [5.41, 5.74) is 1.26. The third kappa shape index (κ3) is 5.45. The Hall–Kier alpha value is -1.60. The van der Waals surface area contributed by atoms with Gasteiger partial charge < -0.3 is 14.5 Å². The molecule has 27 heavy (non-hydrogen) atoms. The van der Waals surface area contributed by atoms with Gasteiger partial charge in [0.15, 0.2) is 0 Å². The zero-order valence-corrected chi connectivity index (χ0v) is 17.5. The van der Waals surface area contributed by atoms with Crippen LogP contribution in [0.1, 0.15) is 25.3 Å². The van der Waals surface area contributed by atoms with Gasteiger partial charge in [-0.05, 0) is 44.0 Å². The van der Waals surface area contributed by atoms with Crippen LogP contribution in [-0.4, -0.2) is 72.6 Å². The van der Waals surface area contributed by atoms with Crippen molar-refractivity contribution in [3.8, 4) is 0 Å². The van der Waals surface area contributed by atoms with Crippen molar-refractivity contribution in [2.45, 2.75) is 26.3 Å². The Bertz CT molecular complexity index is 662. The smallest absolute Gasteiger partial charge is 0.409 e. The second-order valence-corrected chi connectivity index (χ2v) is 8.13. The first-order valence-electron chi connectivity index (χ1n) is 9.74. The second kappa shape index (κ2) is 9.55. The normalized spacial score (nSPS) is 21.2. The first-order chi connectivity index (χ1) is 13.1. The molecule has 2 heterocycles. The average molecular weight is 438 g/mol. The lowest BCUT2D eigenvalue weighted by molar-refractivity contribution is -0.139. The van der Waals surface area contributed by atoms with E-state index in [2.05, 4.69) is 39.0 Å². The van der Waals surface area contributed by atoms with E-state index in [-0.39, 0.29) is 17.9 Å². The zero-order valence-electron chi connectivity index (χ0n) is 15.9. The maximum Gasteiger partial charge on any atom is 0.409 e. The number of piperidine rings is 1. The van der Waals surface area contributed by atoms with Crippen LogP contribution >= 0.6 is 15.9 Å². The van der Waals surface area contributed by atoms with Crippen LogP contribution in [0.15, 0.2) is 28.7 Å². The zero-order chi connectivity index (χ0) is 19.2. The molecule has 0 aliphatic carbocycles. The van der Waals surface area contributed by atoms with Gasteiger partial charge in [0.25, 0.3) is 0 Å². The van der Waals surface area contributed by atoms with Crippen molar-refractivity contribution >= 4 is 27.9 Å². The topological polar surface area (TPSA) is 53.1 Å². The summed E-state index contributed by atoms with van der Waals surface area (Å²) in [7, 11) is 0. The molecule has 1 atom stereocenters. The third-order valence-electron chi connectivity index (χ3n) is 5.27. The number of halogens is 1. The van der Waals surface area contributed by atoms with Crippen molar-refractivity contribution in [3.63, 3.8) is 0 Å². The first-order valence-corrected chi connectivity index (χ1v) is 10.5. The van der Waals surface area contributed by atoms with E-state index < -0.39 is 0 Å². The van der Waals surface area contributed by atoms with Crippen molar-refractivity contribution in [1.29, 1.82) is 0 Å². The summed E-state index contributed by atoms with van der Waals surface area (Å²) in [6.45, 7) is 7.21. The molecule has 2 fully saturated rings. The number of carbonyl (C=O) groups is 2. The minimum atomic E-state index is -0.275. The predicted octanol–water partition coefficient (Wildman–Crippen LogP) is 2.96. The fraction of sp³-hybridized carbons (Fsp3) is 0.600. The SMILES string of the molecule is CCOC(=O)N1CCN(C(=O)C2CCCN(Cc3cccc(Br)c3)C2)CC1. The third-order valence-corrected chi connectivity index (χ3v) is 5.76. The Morgan fingerprint density at radius 1 is 1.15 bits per heavy atom. The molecule has 0 bridgehead atoms. The maximum absolute atomic E-state index is 13.0. The van der Waals surface area contributed by atoms with E-state index in [0.717, 1.165) is 36.9 Å². The number of nitrogens with zero attached hydrogens (tertiary/aromatic N) is 3. The van der Waals surface area contributed by atoms with Crippen molar-refractivity contribution < 1.29 is 14.3 Å². The van der Waals surface area contributed by atoms with Crippen LogP contribution in [0, 0.1) is 5.92 Å². The number of amides is 2. The van der Waals surface area contributed by atoms with E-state index in [4.69, 9.17) is 4.74 Å². The lowest BCUT2D eigenvalue weighted by atomic mass is 9.95. The Morgan fingerprint density at radius 3 is 2.59 bits per heavy atom. The largest absolute Gasteiger partial charge is 0.450 e. The fourth-order valence-corrected chi connectivity index (χ4v) is 4.32. The molecule has 2 amide bonds. The van der Waals surface area contributed by atoms with Gasteiger partial charge in [0.1, 0.15) is 0 Å². The number of carbonyl (C=O) groups excluding carboxylic acids is 2. The van der Waals surface area contributed by atoms with E-state index in [1.807, 2.05) is 11.0 Å². The molecule has 7 heteroatoms. The van der Waals surface area contributed by atoms with Crippen LogP contribution in [0.3, 0.4) is 0 Å². The lowest BCUT2D eigenvalue weighted by Gasteiger charge is -2.38. The van der Waals surface area contributed by atoms with Gasteiger partial charge in [0, 0.05) is 43.7 Å². The molecule has 2 saturated heterocycles. The van der Waals surface area contributed by atoms with Gasteiger partial charge in [-0.1, -0.05) is 28.1 Å². The second-order valence-electron chi connectivity index (χ2n) is 7.22. The molecule has 1 unspecified atom stereocenters. The molecule has 6 nitrogen and oxygen atoms in total. The monoisotopic (exact) mass is 437 g/mol. The Balaban J connectivity index is 1.51. The Kier molecular flexibility index (Phi) is 7.13. The van der Waals surface area contributed by atoms with Gasteiger partial charge in [0.2, 0.25) is 5.91 Å². The van der Waals surface area contributed by atoms with Gasteiger partial charge in [-0.15, -0.1) is 0 Å². The fourth-order valence-electron chi connectivity index (χ4n) is 3.88. The highest BCUT2D eigenvalue weighted by Gasteiger charge is 2.32. The van der Waals surface area contributed by atoms with E-state index in [0.29, 0.717) is 32.8 Å². The van der Waals surface area contributed by atoms with Crippen molar-refractivity contribution in [3.05, 3.63) is 34.3 Å². The van der Waals surface area contributed by atoms with E-state index in [1.54, 1.807) is 11.8 Å². The van der Waals surface area contributed by atoms with Crippen LogP contribution in [0.5, 0.6) is 0 Å². The molecule has 3 rings (SSSR count). The highest BCUT2D eigenvalue weighted by molar-refractivity contribution is 9.10. The molecule has 0 N–H and O–H groups in total. The summed E-state index contributed by atoms with van der Waals surface area (Å²) >= 11 is 3.52. The molecule has 0 saturated carbocycles. The minimum absolute atomic E-state index is 0.0556. The highest BCUT2D eigenvalue weighted by atomic mass is 79.9. The van der Waals surface area contributed by atoms with Crippen LogP contribution in [0.2, 0.25) is 0 Å². The average Bonchev–Trinajstić information content (AvgIpc) is 2.68. The summed E-state index contributed by atoms with van der Waals surface area (Å²) in [4.78, 5) is 30.8. The van der Waals surface area contributed by atoms with Gasteiger partial charge >= 0.3 is 6.09 Å². The molecule has 0 radical (unpaired) electrons. The number of benzene rings is 1. The van der Waals surface area contributed by atoms with Gasteiger partial charge in [-0.3, -0.25) is 9.69 Å². The first kappa shape index (κ1) is 20.1. The van der Waals surface area contributed by atoms with Crippen LogP contribution < -0.4 is 0 Å². The van der Waals surface area contributed by atoms with Gasteiger partial charge in [0.05, 0.1) is 12.5 Å². The number of hydrogen-bond acceptors (Lipinski definition) is 4. The molecule has 2 aliphatic rings. The summed E-state index contributed by atoms with van der Waals surface area (Å²) in [6, 6.07) is 8.35. The number of hydrogen-bond donors (Lipinski definition) is 0. The molecular formula is C20H28BrN3O3. The number of ether oxygens (including phenoxy) is 1. The summed E-state index contributed by atoms with van der Waals surface area (Å²) in [5, 5.41) is 0. The highest BCUT2D eigenvalue weighted by Crippen LogP contribution is 2.22. The van der Waals surface area contributed by atoms with E-state index in [9.17, 15) is 9.59 Å². The maximum atomic E-state index is 13.0. The quantitative estimate of drug-likeness (QED) is 0.726. The van der Waals surface area contributed by atoms with E-state index >= 15 is 0 Å². The molecule has 0 aromatic heterocycles. The van der Waals surface area contributed by atoms with Crippen LogP contribution in [0.25, 0.3) is 0 Å². The lowest BCUT2D eigenvalue weighted by Crippen LogP contribution is -2.53. The molecule has 148 valence electrons. The van der Waals surface area contributed by atoms with Crippen LogP contribution in [-0.2, 0) is 16.1 Å². The summed E-state index contributed by atoms with van der Waals surface area (Å²) in [5.74, 6) is 0.289. The van der Waals surface area contributed by atoms with Crippen LogP contribution in [0.4, 0.5) is 4.79 Å². The summed E-state index contributed by atoms with van der Waals surface area (Å²) in [6.07, 6.45) is 1.72. The number of likely N-dealkylation sites (tertiary alicyclic amines) is 1. The Morgan fingerprint density at radius 2 is 1.89 bits per heavy atom. The van der Waals surface area contributed by atoms with Gasteiger partial charge in [-0.25, -0.2) is 4.79 Å². The molecule has 1 aromatic carbocycles. The molecule has 1 aromatic rings. The summed E-state index contributed by atoms with van der Waals surface area (Å²) < 4.78 is 6.13. The number of rotatable bonds is 4. The Labute approximate surface area is 169 Å². The van der Waals surface area contributed by atoms with Crippen molar-refractivity contribution in [2.75, 3.05) is 45.9 Å². The minimum Gasteiger partial charge on any atom is -0.450 e. The van der Waals surface area contributed by atoms with Crippen molar-refractivity contribution in [2.24, 2.45) is 5.92 Å². The predicted molar refractivity (Wildman–Crippen MR) is 107 cm³/mol. The van der Waals surface area contributed by atoms with E-state index in [1.165, 1.54) is 5.56 Å². The molecular weight excluding hydrogens is 410 g/mol. The molecule has 0 spiro atoms.